The standard InChI is InChI=1S/C13H17N3O3/c1-16-6-2-3-10(8-16)12(17)15-11-7-9(13(18)19)4-5-14-11/h4-5,7,10H,2-3,6,8H2,1H3,(H,18,19)(H,14,15,17). The number of carboxylic acid groups (broad SMARTS) is 1. The van der Waals surface area contributed by atoms with Gasteiger partial charge in [-0.1, -0.05) is 0 Å². The molecule has 2 N–H and O–H groups in total. The number of aromatic carboxylic acids is 1. The molecule has 1 amide bonds. The quantitative estimate of drug-likeness (QED) is 0.852. The lowest BCUT2D eigenvalue weighted by Gasteiger charge is -2.28. The number of nitrogens with zero attached hydrogens (tertiary/aromatic N) is 2. The van der Waals surface area contributed by atoms with Crippen LogP contribution < -0.4 is 5.32 Å². The smallest absolute Gasteiger partial charge is 0.335 e. The highest BCUT2D eigenvalue weighted by Crippen LogP contribution is 2.17. The molecule has 2 heterocycles. The molecule has 6 heteroatoms. The highest BCUT2D eigenvalue weighted by atomic mass is 16.4. The van der Waals surface area contributed by atoms with Gasteiger partial charge >= 0.3 is 5.97 Å². The zero-order valence-electron chi connectivity index (χ0n) is 10.8. The van der Waals surface area contributed by atoms with Gasteiger partial charge in [0.1, 0.15) is 5.82 Å². The summed E-state index contributed by atoms with van der Waals surface area (Å²) in [4.78, 5) is 29.0. The summed E-state index contributed by atoms with van der Waals surface area (Å²) in [6.07, 6.45) is 3.23. The molecule has 1 aliphatic heterocycles. The minimum Gasteiger partial charge on any atom is -0.478 e. The maximum absolute atomic E-state index is 12.1. The predicted molar refractivity (Wildman–Crippen MR) is 70.0 cm³/mol. The molecule has 0 spiro atoms. The maximum atomic E-state index is 12.1. The van der Waals surface area contributed by atoms with E-state index >= 15 is 0 Å². The summed E-state index contributed by atoms with van der Waals surface area (Å²) < 4.78 is 0. The number of piperidine rings is 1. The van der Waals surface area contributed by atoms with Crippen LogP contribution in [0.15, 0.2) is 18.3 Å². The van der Waals surface area contributed by atoms with Gasteiger partial charge in [-0.3, -0.25) is 4.79 Å². The van der Waals surface area contributed by atoms with Crippen molar-refractivity contribution in [2.45, 2.75) is 12.8 Å². The fourth-order valence-corrected chi connectivity index (χ4v) is 2.24. The molecule has 102 valence electrons. The number of hydrogen-bond donors (Lipinski definition) is 2. The van der Waals surface area contributed by atoms with Crippen LogP contribution in [-0.2, 0) is 4.79 Å². The summed E-state index contributed by atoms with van der Waals surface area (Å²) in [7, 11) is 1.99. The van der Waals surface area contributed by atoms with Crippen LogP contribution in [-0.4, -0.2) is 47.0 Å². The van der Waals surface area contributed by atoms with Crippen molar-refractivity contribution < 1.29 is 14.7 Å². The van der Waals surface area contributed by atoms with Crippen molar-refractivity contribution in [1.29, 1.82) is 0 Å². The van der Waals surface area contributed by atoms with Crippen molar-refractivity contribution in [2.24, 2.45) is 5.92 Å². The van der Waals surface area contributed by atoms with Crippen molar-refractivity contribution >= 4 is 17.7 Å². The molecule has 1 aromatic heterocycles. The summed E-state index contributed by atoms with van der Waals surface area (Å²) in [6, 6.07) is 2.76. The molecule has 0 saturated carbocycles. The number of carboxylic acids is 1. The van der Waals surface area contributed by atoms with Crippen molar-refractivity contribution in [1.82, 2.24) is 9.88 Å². The number of amides is 1. The Labute approximate surface area is 111 Å². The molecule has 1 unspecified atom stereocenters. The Hall–Kier alpha value is -1.95. The molecular weight excluding hydrogens is 246 g/mol. The molecule has 1 saturated heterocycles. The van der Waals surface area contributed by atoms with Crippen molar-refractivity contribution in [3.63, 3.8) is 0 Å². The van der Waals surface area contributed by atoms with Gasteiger partial charge in [0.2, 0.25) is 5.91 Å². The molecule has 0 aromatic carbocycles. The molecule has 19 heavy (non-hydrogen) atoms. The van der Waals surface area contributed by atoms with Crippen molar-refractivity contribution in [2.75, 3.05) is 25.5 Å². The Morgan fingerprint density at radius 3 is 3.00 bits per heavy atom. The Bertz CT molecular complexity index is 490. The van der Waals surface area contributed by atoms with Crippen LogP contribution in [0.2, 0.25) is 0 Å². The van der Waals surface area contributed by atoms with Gasteiger partial charge in [-0.25, -0.2) is 9.78 Å². The summed E-state index contributed by atoms with van der Waals surface area (Å²) in [5.74, 6) is -0.899. The molecule has 0 radical (unpaired) electrons. The van der Waals surface area contributed by atoms with Gasteiger partial charge in [-0.2, -0.15) is 0 Å². The van der Waals surface area contributed by atoms with Gasteiger partial charge in [0.05, 0.1) is 11.5 Å². The molecule has 0 aliphatic carbocycles. The fraction of sp³-hybridized carbons (Fsp3) is 0.462. The van der Waals surface area contributed by atoms with Crippen LogP contribution in [0.3, 0.4) is 0 Å². The van der Waals surface area contributed by atoms with E-state index in [-0.39, 0.29) is 23.2 Å². The third-order valence-electron chi connectivity index (χ3n) is 3.25. The lowest BCUT2D eigenvalue weighted by Crippen LogP contribution is -2.38. The zero-order chi connectivity index (χ0) is 13.8. The first kappa shape index (κ1) is 13.5. The van der Waals surface area contributed by atoms with E-state index < -0.39 is 5.97 Å². The maximum Gasteiger partial charge on any atom is 0.335 e. The number of anilines is 1. The van der Waals surface area contributed by atoms with Crippen molar-refractivity contribution in [3.8, 4) is 0 Å². The first-order chi connectivity index (χ1) is 9.06. The number of pyridine rings is 1. The van der Waals surface area contributed by atoms with Crippen LogP contribution in [0.5, 0.6) is 0 Å². The molecule has 1 fully saturated rings. The molecule has 1 atom stereocenters. The summed E-state index contributed by atoms with van der Waals surface area (Å²) >= 11 is 0. The largest absolute Gasteiger partial charge is 0.478 e. The molecule has 2 rings (SSSR count). The Balaban J connectivity index is 2.02. The van der Waals surface area contributed by atoms with Gasteiger partial charge in [0.15, 0.2) is 0 Å². The van der Waals surface area contributed by atoms with E-state index in [2.05, 4.69) is 15.2 Å². The fourth-order valence-electron chi connectivity index (χ4n) is 2.24. The third-order valence-corrected chi connectivity index (χ3v) is 3.25. The second-order valence-electron chi connectivity index (χ2n) is 4.83. The van der Waals surface area contributed by atoms with Crippen LogP contribution >= 0.6 is 0 Å². The zero-order valence-corrected chi connectivity index (χ0v) is 10.8. The van der Waals surface area contributed by atoms with Gasteiger partial charge in [-0.05, 0) is 38.6 Å². The minimum atomic E-state index is -1.03. The number of hydrogen-bond acceptors (Lipinski definition) is 4. The monoisotopic (exact) mass is 263 g/mol. The van der Waals surface area contributed by atoms with Gasteiger partial charge in [-0.15, -0.1) is 0 Å². The van der Waals surface area contributed by atoms with Gasteiger partial charge < -0.3 is 15.3 Å². The number of carbonyl (C=O) groups excluding carboxylic acids is 1. The normalized spacial score (nSPS) is 19.9. The highest BCUT2D eigenvalue weighted by Gasteiger charge is 2.24. The van der Waals surface area contributed by atoms with E-state index in [1.165, 1.54) is 18.3 Å². The SMILES string of the molecule is CN1CCCC(C(=O)Nc2cc(C(=O)O)ccn2)C1. The summed E-state index contributed by atoms with van der Waals surface area (Å²) in [5, 5.41) is 11.6. The van der Waals surface area contributed by atoms with Crippen LogP contribution in [0, 0.1) is 5.92 Å². The van der Waals surface area contributed by atoms with Crippen molar-refractivity contribution in [3.05, 3.63) is 23.9 Å². The Morgan fingerprint density at radius 2 is 2.32 bits per heavy atom. The van der Waals surface area contributed by atoms with Crippen LogP contribution in [0.1, 0.15) is 23.2 Å². The van der Waals surface area contributed by atoms with E-state index in [0.29, 0.717) is 0 Å². The molecule has 0 bridgehead atoms. The average molecular weight is 263 g/mol. The van der Waals surface area contributed by atoms with E-state index in [4.69, 9.17) is 5.11 Å². The first-order valence-corrected chi connectivity index (χ1v) is 6.25. The van der Waals surface area contributed by atoms with E-state index in [9.17, 15) is 9.59 Å². The second-order valence-corrected chi connectivity index (χ2v) is 4.83. The van der Waals surface area contributed by atoms with Gasteiger partial charge in [0.25, 0.3) is 0 Å². The predicted octanol–water partition coefficient (Wildman–Crippen LogP) is 1.06. The second kappa shape index (κ2) is 5.79. The summed E-state index contributed by atoms with van der Waals surface area (Å²) in [6.45, 7) is 1.74. The topological polar surface area (TPSA) is 82.5 Å². The Kier molecular flexibility index (Phi) is 4.11. The third kappa shape index (κ3) is 3.51. The molecule has 6 nitrogen and oxygen atoms in total. The van der Waals surface area contributed by atoms with E-state index in [0.717, 1.165) is 25.9 Å². The van der Waals surface area contributed by atoms with E-state index in [1.807, 2.05) is 7.05 Å². The average Bonchev–Trinajstić information content (AvgIpc) is 2.39. The molecule has 1 aliphatic rings. The minimum absolute atomic E-state index is 0.0611. The highest BCUT2D eigenvalue weighted by molar-refractivity contribution is 5.94. The molecular formula is C13H17N3O3. The lowest BCUT2D eigenvalue weighted by atomic mass is 9.97. The number of nitrogens with one attached hydrogen (secondary N) is 1. The lowest BCUT2D eigenvalue weighted by molar-refractivity contribution is -0.121. The first-order valence-electron chi connectivity index (χ1n) is 6.25. The molecule has 1 aromatic rings. The van der Waals surface area contributed by atoms with Gasteiger partial charge in [0, 0.05) is 12.7 Å². The number of aromatic nitrogens is 1. The van der Waals surface area contributed by atoms with Crippen LogP contribution in [0.25, 0.3) is 0 Å². The summed E-state index contributed by atoms with van der Waals surface area (Å²) in [5.41, 5.74) is 0.117. The van der Waals surface area contributed by atoms with E-state index in [1.54, 1.807) is 0 Å². The Morgan fingerprint density at radius 1 is 1.53 bits per heavy atom. The van der Waals surface area contributed by atoms with Crippen LogP contribution in [0.4, 0.5) is 5.82 Å². The number of rotatable bonds is 3. The number of likely N-dealkylation sites (tertiary alicyclic amines) is 1. The number of carbonyl (C=O) groups is 2.